The normalized spacial score (nSPS) is 11.4. The van der Waals surface area contributed by atoms with Gasteiger partial charge < -0.3 is 15.2 Å². The van der Waals surface area contributed by atoms with Gasteiger partial charge in [0.2, 0.25) is 5.91 Å². The van der Waals surface area contributed by atoms with Crippen molar-refractivity contribution in [1.82, 2.24) is 15.1 Å². The predicted molar refractivity (Wildman–Crippen MR) is 78.2 cm³/mol. The smallest absolute Gasteiger partial charge is 0.275 e. The van der Waals surface area contributed by atoms with Gasteiger partial charge in [0.1, 0.15) is 12.2 Å². The van der Waals surface area contributed by atoms with Crippen molar-refractivity contribution in [2.24, 2.45) is 0 Å². The van der Waals surface area contributed by atoms with E-state index in [9.17, 15) is 19.5 Å². The molecule has 0 unspecified atom stereocenters. The molecule has 0 bridgehead atoms. The minimum atomic E-state index is -1.50. The largest absolute Gasteiger partial charge is 0.543 e. The lowest BCUT2D eigenvalue weighted by Crippen LogP contribution is -2.44. The zero-order valence-electron chi connectivity index (χ0n) is 12.5. The number of carbonyl (C=O) groups excluding carboxylic acids is 2. The molecule has 0 radical (unpaired) electrons. The van der Waals surface area contributed by atoms with Crippen molar-refractivity contribution in [2.75, 3.05) is 0 Å². The molecule has 116 valence electrons. The lowest BCUT2D eigenvalue weighted by molar-refractivity contribution is -0.255. The maximum Gasteiger partial charge on any atom is 0.275 e. The molecule has 7 nitrogen and oxygen atoms in total. The van der Waals surface area contributed by atoms with Crippen LogP contribution >= 0.6 is 0 Å². The topological polar surface area (TPSA) is 104 Å². The third-order valence-corrected chi connectivity index (χ3v) is 2.87. The van der Waals surface area contributed by atoms with E-state index in [1.807, 2.05) is 0 Å². The van der Waals surface area contributed by atoms with Crippen LogP contribution in [0.2, 0.25) is 0 Å². The summed E-state index contributed by atoms with van der Waals surface area (Å²) in [5.74, 6) is -1.93. The molecule has 1 aromatic heterocycles. The molecule has 0 atom stereocenters. The summed E-state index contributed by atoms with van der Waals surface area (Å²) in [5, 5.41) is 18.0. The molecular formula is C15H16N3O4-. The third kappa shape index (κ3) is 3.30. The SMILES string of the molecule is CC(C)(C)NC(=O)Cn1nc(C(=O)[O-])c2ccccc2c1=O. The molecule has 0 aliphatic rings. The summed E-state index contributed by atoms with van der Waals surface area (Å²) < 4.78 is 0.842. The number of nitrogens with zero attached hydrogens (tertiary/aromatic N) is 2. The Morgan fingerprint density at radius 1 is 1.23 bits per heavy atom. The number of fused-ring (bicyclic) bond motifs is 1. The Balaban J connectivity index is 2.51. The average Bonchev–Trinajstić information content (AvgIpc) is 2.39. The molecule has 0 aliphatic carbocycles. The molecular weight excluding hydrogens is 286 g/mol. The first-order chi connectivity index (χ1) is 10.2. The molecule has 0 fully saturated rings. The second-order valence-corrected chi connectivity index (χ2v) is 5.94. The van der Waals surface area contributed by atoms with Crippen molar-refractivity contribution in [3.63, 3.8) is 0 Å². The molecule has 22 heavy (non-hydrogen) atoms. The van der Waals surface area contributed by atoms with Crippen LogP contribution in [0, 0.1) is 0 Å². The molecule has 1 N–H and O–H groups in total. The van der Waals surface area contributed by atoms with Gasteiger partial charge in [-0.25, -0.2) is 4.68 Å². The lowest BCUT2D eigenvalue weighted by Gasteiger charge is -2.20. The van der Waals surface area contributed by atoms with E-state index < -0.39 is 23.0 Å². The Labute approximate surface area is 126 Å². The van der Waals surface area contributed by atoms with Crippen molar-refractivity contribution in [3.8, 4) is 0 Å². The van der Waals surface area contributed by atoms with Crippen LogP contribution in [0.25, 0.3) is 10.8 Å². The van der Waals surface area contributed by atoms with Crippen LogP contribution in [0.5, 0.6) is 0 Å². The van der Waals surface area contributed by atoms with Gasteiger partial charge in [0.15, 0.2) is 0 Å². The van der Waals surface area contributed by atoms with Crippen LogP contribution in [0.3, 0.4) is 0 Å². The fraction of sp³-hybridized carbons (Fsp3) is 0.333. The van der Waals surface area contributed by atoms with Gasteiger partial charge in [0, 0.05) is 10.9 Å². The number of rotatable bonds is 3. The van der Waals surface area contributed by atoms with Crippen molar-refractivity contribution in [2.45, 2.75) is 32.9 Å². The maximum atomic E-state index is 12.3. The zero-order chi connectivity index (χ0) is 16.5. The summed E-state index contributed by atoms with van der Waals surface area (Å²) in [7, 11) is 0. The van der Waals surface area contributed by atoms with Gasteiger partial charge in [-0.15, -0.1) is 0 Å². The molecule has 1 aromatic carbocycles. The fourth-order valence-corrected chi connectivity index (χ4v) is 2.09. The number of nitrogens with one attached hydrogen (secondary N) is 1. The van der Waals surface area contributed by atoms with Gasteiger partial charge in [0.25, 0.3) is 5.56 Å². The predicted octanol–water partition coefficient (Wildman–Crippen LogP) is -0.325. The second kappa shape index (κ2) is 5.59. The highest BCUT2D eigenvalue weighted by Crippen LogP contribution is 2.12. The number of hydrogen-bond donors (Lipinski definition) is 1. The minimum Gasteiger partial charge on any atom is -0.543 e. The van der Waals surface area contributed by atoms with Gasteiger partial charge in [-0.1, -0.05) is 18.2 Å². The lowest BCUT2D eigenvalue weighted by atomic mass is 10.1. The molecule has 0 spiro atoms. The van der Waals surface area contributed by atoms with Crippen LogP contribution in [0.15, 0.2) is 29.1 Å². The van der Waals surface area contributed by atoms with Gasteiger partial charge in [-0.3, -0.25) is 9.59 Å². The van der Waals surface area contributed by atoms with Crippen molar-refractivity contribution < 1.29 is 14.7 Å². The molecule has 0 saturated heterocycles. The van der Waals surface area contributed by atoms with Crippen molar-refractivity contribution in [1.29, 1.82) is 0 Å². The Kier molecular flexibility index (Phi) is 3.99. The van der Waals surface area contributed by atoms with Crippen LogP contribution in [0.4, 0.5) is 0 Å². The van der Waals surface area contributed by atoms with Crippen LogP contribution in [0.1, 0.15) is 31.3 Å². The highest BCUT2D eigenvalue weighted by molar-refractivity contribution is 6.00. The highest BCUT2D eigenvalue weighted by Gasteiger charge is 2.17. The monoisotopic (exact) mass is 302 g/mol. The van der Waals surface area contributed by atoms with Crippen LogP contribution < -0.4 is 16.0 Å². The summed E-state index contributed by atoms with van der Waals surface area (Å²) in [4.78, 5) is 35.4. The summed E-state index contributed by atoms with van der Waals surface area (Å²) >= 11 is 0. The number of carbonyl (C=O) groups is 2. The number of hydrogen-bond acceptors (Lipinski definition) is 5. The summed E-state index contributed by atoms with van der Waals surface area (Å²) in [6, 6.07) is 6.19. The summed E-state index contributed by atoms with van der Waals surface area (Å²) in [5.41, 5.74) is -1.35. The van der Waals surface area contributed by atoms with E-state index in [2.05, 4.69) is 10.4 Å². The molecule has 1 heterocycles. The average molecular weight is 302 g/mol. The van der Waals surface area contributed by atoms with Crippen LogP contribution in [-0.2, 0) is 11.3 Å². The quantitative estimate of drug-likeness (QED) is 0.836. The highest BCUT2D eigenvalue weighted by atomic mass is 16.4. The summed E-state index contributed by atoms with van der Waals surface area (Å²) in [6.07, 6.45) is 0. The molecule has 2 aromatic rings. The number of aromatic nitrogens is 2. The Bertz CT molecular complexity index is 803. The molecule has 2 rings (SSSR count). The first-order valence-electron chi connectivity index (χ1n) is 6.71. The maximum absolute atomic E-state index is 12.3. The van der Waals surface area contributed by atoms with E-state index in [1.54, 1.807) is 32.9 Å². The number of carboxylic acids is 1. The van der Waals surface area contributed by atoms with E-state index in [0.29, 0.717) is 0 Å². The van der Waals surface area contributed by atoms with E-state index in [1.165, 1.54) is 12.1 Å². The molecule has 7 heteroatoms. The third-order valence-electron chi connectivity index (χ3n) is 2.87. The molecule has 1 amide bonds. The van der Waals surface area contributed by atoms with E-state index >= 15 is 0 Å². The number of amides is 1. The molecule has 0 saturated carbocycles. The Morgan fingerprint density at radius 2 is 1.82 bits per heavy atom. The van der Waals surface area contributed by atoms with Crippen molar-refractivity contribution >= 4 is 22.6 Å². The summed E-state index contributed by atoms with van der Waals surface area (Å²) in [6.45, 7) is 5.04. The fourth-order valence-electron chi connectivity index (χ4n) is 2.09. The zero-order valence-corrected chi connectivity index (χ0v) is 12.5. The number of benzene rings is 1. The second-order valence-electron chi connectivity index (χ2n) is 5.94. The van der Waals surface area contributed by atoms with E-state index in [-0.39, 0.29) is 23.0 Å². The van der Waals surface area contributed by atoms with E-state index in [4.69, 9.17) is 0 Å². The standard InChI is InChI=1S/C15H17N3O4/c1-15(2,3)16-11(19)8-18-13(20)10-7-5-4-6-9(10)12(17-18)14(21)22/h4-7H,8H2,1-3H3,(H,16,19)(H,21,22)/p-1. The molecule has 0 aliphatic heterocycles. The Hall–Kier alpha value is -2.70. The number of aromatic carboxylic acids is 1. The van der Waals surface area contributed by atoms with Crippen LogP contribution in [-0.4, -0.2) is 27.2 Å². The van der Waals surface area contributed by atoms with Gasteiger partial charge >= 0.3 is 0 Å². The van der Waals surface area contributed by atoms with Gasteiger partial charge in [-0.05, 0) is 26.8 Å². The number of carboxylic acid groups (broad SMARTS) is 1. The minimum absolute atomic E-state index is 0.181. The van der Waals surface area contributed by atoms with Gasteiger partial charge in [-0.2, -0.15) is 5.10 Å². The van der Waals surface area contributed by atoms with E-state index in [0.717, 1.165) is 4.68 Å². The first-order valence-corrected chi connectivity index (χ1v) is 6.71. The first kappa shape index (κ1) is 15.7. The van der Waals surface area contributed by atoms with Gasteiger partial charge in [0.05, 0.1) is 11.4 Å². The Morgan fingerprint density at radius 3 is 2.36 bits per heavy atom. The van der Waals surface area contributed by atoms with Crippen molar-refractivity contribution in [3.05, 3.63) is 40.3 Å².